The molecule has 0 spiro atoms. The SMILES string of the molecule is CC(C)(C)NC(=O)N1CCCC(C(=O)c2ccc(C(F)(F)F)cc2)C1. The van der Waals surface area contributed by atoms with Crippen LogP contribution in [0.15, 0.2) is 24.3 Å². The van der Waals surface area contributed by atoms with Crippen LogP contribution in [0, 0.1) is 5.92 Å². The summed E-state index contributed by atoms with van der Waals surface area (Å²) in [5, 5.41) is 2.86. The molecule has 0 saturated carbocycles. The maximum absolute atomic E-state index is 12.6. The van der Waals surface area contributed by atoms with Crippen LogP contribution < -0.4 is 5.32 Å². The molecule has 2 amide bonds. The number of Topliss-reactive ketones (excluding diaryl/α,β-unsaturated/α-hetero) is 1. The highest BCUT2D eigenvalue weighted by molar-refractivity contribution is 5.98. The first-order valence-electron chi connectivity index (χ1n) is 8.26. The van der Waals surface area contributed by atoms with E-state index in [1.807, 2.05) is 20.8 Å². The Hall–Kier alpha value is -2.05. The molecule has 0 bridgehead atoms. The number of likely N-dealkylation sites (tertiary alicyclic amines) is 1. The number of urea groups is 1. The van der Waals surface area contributed by atoms with Crippen molar-refractivity contribution >= 4 is 11.8 Å². The van der Waals surface area contributed by atoms with Gasteiger partial charge in [0, 0.05) is 30.1 Å². The van der Waals surface area contributed by atoms with E-state index in [-0.39, 0.29) is 29.5 Å². The molecule has 1 saturated heterocycles. The van der Waals surface area contributed by atoms with E-state index in [0.717, 1.165) is 12.1 Å². The number of hydrogen-bond acceptors (Lipinski definition) is 2. The molecule has 1 atom stereocenters. The van der Waals surface area contributed by atoms with Crippen molar-refractivity contribution in [2.45, 2.75) is 45.3 Å². The third-order valence-corrected chi connectivity index (χ3v) is 4.06. The summed E-state index contributed by atoms with van der Waals surface area (Å²) in [6.07, 6.45) is -3.11. The van der Waals surface area contributed by atoms with Crippen LogP contribution >= 0.6 is 0 Å². The molecular weight excluding hydrogens is 333 g/mol. The van der Waals surface area contributed by atoms with Gasteiger partial charge >= 0.3 is 12.2 Å². The molecule has 138 valence electrons. The van der Waals surface area contributed by atoms with Gasteiger partial charge in [0.25, 0.3) is 0 Å². The molecule has 0 aromatic heterocycles. The smallest absolute Gasteiger partial charge is 0.333 e. The Morgan fingerprint density at radius 2 is 1.72 bits per heavy atom. The predicted octanol–water partition coefficient (Wildman–Crippen LogP) is 4.11. The zero-order chi connectivity index (χ0) is 18.8. The van der Waals surface area contributed by atoms with Crippen LogP contribution in [0.5, 0.6) is 0 Å². The van der Waals surface area contributed by atoms with Crippen LogP contribution in [0.25, 0.3) is 0 Å². The van der Waals surface area contributed by atoms with Gasteiger partial charge in [-0.1, -0.05) is 12.1 Å². The number of nitrogens with one attached hydrogen (secondary N) is 1. The fraction of sp³-hybridized carbons (Fsp3) is 0.556. The quantitative estimate of drug-likeness (QED) is 0.811. The van der Waals surface area contributed by atoms with E-state index in [9.17, 15) is 22.8 Å². The number of benzene rings is 1. The van der Waals surface area contributed by atoms with Crippen molar-refractivity contribution in [3.8, 4) is 0 Å². The minimum absolute atomic E-state index is 0.220. The lowest BCUT2D eigenvalue weighted by atomic mass is 9.89. The van der Waals surface area contributed by atoms with Crippen molar-refractivity contribution in [2.24, 2.45) is 5.92 Å². The highest BCUT2D eigenvalue weighted by Crippen LogP contribution is 2.30. The Balaban J connectivity index is 2.05. The van der Waals surface area contributed by atoms with Crippen LogP contribution in [0.3, 0.4) is 0 Å². The van der Waals surface area contributed by atoms with Gasteiger partial charge < -0.3 is 10.2 Å². The number of carbonyl (C=O) groups is 2. The number of amides is 2. The average Bonchev–Trinajstić information content (AvgIpc) is 2.52. The summed E-state index contributed by atoms with van der Waals surface area (Å²) in [6.45, 7) is 6.47. The van der Waals surface area contributed by atoms with E-state index in [2.05, 4.69) is 5.32 Å². The van der Waals surface area contributed by atoms with Crippen LogP contribution in [0.1, 0.15) is 49.5 Å². The third kappa shape index (κ3) is 5.21. The second-order valence-corrected chi connectivity index (χ2v) is 7.40. The van der Waals surface area contributed by atoms with Gasteiger partial charge in [0.15, 0.2) is 5.78 Å². The minimum Gasteiger partial charge on any atom is -0.333 e. The molecule has 2 rings (SSSR count). The summed E-state index contributed by atoms with van der Waals surface area (Å²) in [5.41, 5.74) is -0.906. The van der Waals surface area contributed by atoms with Gasteiger partial charge in [0.2, 0.25) is 0 Å². The molecule has 1 aliphatic rings. The number of nitrogens with zero attached hydrogens (tertiary/aromatic N) is 1. The zero-order valence-corrected chi connectivity index (χ0v) is 14.6. The van der Waals surface area contributed by atoms with Crippen molar-refractivity contribution in [3.63, 3.8) is 0 Å². The molecule has 25 heavy (non-hydrogen) atoms. The van der Waals surface area contributed by atoms with E-state index < -0.39 is 17.7 Å². The molecule has 1 fully saturated rings. The Bertz CT molecular complexity index is 633. The van der Waals surface area contributed by atoms with Crippen LogP contribution in [0.2, 0.25) is 0 Å². The van der Waals surface area contributed by atoms with E-state index in [1.54, 1.807) is 4.90 Å². The summed E-state index contributed by atoms with van der Waals surface area (Å²) < 4.78 is 37.8. The zero-order valence-electron chi connectivity index (χ0n) is 14.6. The summed E-state index contributed by atoms with van der Waals surface area (Å²) in [5.74, 6) is -0.613. The molecule has 1 N–H and O–H groups in total. The number of piperidine rings is 1. The highest BCUT2D eigenvalue weighted by Gasteiger charge is 2.32. The fourth-order valence-corrected chi connectivity index (χ4v) is 2.83. The molecule has 0 radical (unpaired) electrons. The molecule has 1 aliphatic heterocycles. The second kappa shape index (κ2) is 7.06. The number of carbonyl (C=O) groups excluding carboxylic acids is 2. The maximum Gasteiger partial charge on any atom is 0.416 e. The first kappa shape index (κ1) is 19.3. The molecule has 1 aromatic carbocycles. The topological polar surface area (TPSA) is 49.4 Å². The molecule has 4 nitrogen and oxygen atoms in total. The Morgan fingerprint density at radius 1 is 1.12 bits per heavy atom. The first-order valence-corrected chi connectivity index (χ1v) is 8.26. The van der Waals surface area contributed by atoms with Gasteiger partial charge in [0.1, 0.15) is 0 Å². The number of alkyl halides is 3. The standard InChI is InChI=1S/C18H23F3N2O2/c1-17(2,3)22-16(25)23-10-4-5-13(11-23)15(24)12-6-8-14(9-7-12)18(19,20)21/h6-9,13H,4-5,10-11H2,1-3H3,(H,22,25). The van der Waals surface area contributed by atoms with Crippen molar-refractivity contribution in [1.82, 2.24) is 10.2 Å². The molecule has 1 heterocycles. The van der Waals surface area contributed by atoms with Crippen molar-refractivity contribution in [2.75, 3.05) is 13.1 Å². The lowest BCUT2D eigenvalue weighted by molar-refractivity contribution is -0.137. The highest BCUT2D eigenvalue weighted by atomic mass is 19.4. The second-order valence-electron chi connectivity index (χ2n) is 7.40. The number of halogens is 3. The predicted molar refractivity (Wildman–Crippen MR) is 88.4 cm³/mol. The third-order valence-electron chi connectivity index (χ3n) is 4.06. The van der Waals surface area contributed by atoms with Gasteiger partial charge in [0.05, 0.1) is 5.56 Å². The van der Waals surface area contributed by atoms with Crippen LogP contribution in [0.4, 0.5) is 18.0 Å². The molecule has 0 aliphatic carbocycles. The van der Waals surface area contributed by atoms with Gasteiger partial charge in [-0.05, 0) is 45.7 Å². The fourth-order valence-electron chi connectivity index (χ4n) is 2.83. The van der Waals surface area contributed by atoms with Crippen molar-refractivity contribution in [1.29, 1.82) is 0 Å². The Labute approximate surface area is 145 Å². The lowest BCUT2D eigenvalue weighted by Crippen LogP contribution is -2.52. The van der Waals surface area contributed by atoms with E-state index >= 15 is 0 Å². The molecule has 7 heteroatoms. The average molecular weight is 356 g/mol. The number of ketones is 1. The lowest BCUT2D eigenvalue weighted by Gasteiger charge is -2.34. The Morgan fingerprint density at radius 3 is 2.24 bits per heavy atom. The minimum atomic E-state index is -4.42. The normalized spacial score (nSPS) is 18.8. The largest absolute Gasteiger partial charge is 0.416 e. The van der Waals surface area contributed by atoms with Gasteiger partial charge in [-0.3, -0.25) is 4.79 Å². The van der Waals surface area contributed by atoms with Gasteiger partial charge in [-0.15, -0.1) is 0 Å². The number of hydrogen-bond donors (Lipinski definition) is 1. The summed E-state index contributed by atoms with van der Waals surface area (Å²) in [7, 11) is 0. The monoisotopic (exact) mass is 356 g/mol. The Kier molecular flexibility index (Phi) is 5.44. The summed E-state index contributed by atoms with van der Waals surface area (Å²) in [4.78, 5) is 26.4. The van der Waals surface area contributed by atoms with Crippen LogP contribution in [-0.4, -0.2) is 35.3 Å². The van der Waals surface area contributed by atoms with E-state index in [1.165, 1.54) is 12.1 Å². The number of rotatable bonds is 2. The van der Waals surface area contributed by atoms with Crippen molar-refractivity contribution in [3.05, 3.63) is 35.4 Å². The van der Waals surface area contributed by atoms with Crippen LogP contribution in [-0.2, 0) is 6.18 Å². The van der Waals surface area contributed by atoms with E-state index in [4.69, 9.17) is 0 Å². The summed E-state index contributed by atoms with van der Waals surface area (Å²) >= 11 is 0. The molecule has 1 aromatic rings. The molecular formula is C18H23F3N2O2. The van der Waals surface area contributed by atoms with Crippen molar-refractivity contribution < 1.29 is 22.8 Å². The first-order chi connectivity index (χ1) is 11.5. The van der Waals surface area contributed by atoms with Gasteiger partial charge in [-0.2, -0.15) is 13.2 Å². The molecule has 1 unspecified atom stereocenters. The summed E-state index contributed by atoms with van der Waals surface area (Å²) in [6, 6.07) is 4.02. The van der Waals surface area contributed by atoms with E-state index in [0.29, 0.717) is 19.4 Å². The van der Waals surface area contributed by atoms with Gasteiger partial charge in [-0.25, -0.2) is 4.79 Å². The maximum atomic E-state index is 12.6.